The zero-order valence-electron chi connectivity index (χ0n) is 9.55. The molecule has 0 radical (unpaired) electrons. The van der Waals surface area contributed by atoms with Crippen molar-refractivity contribution in [3.05, 3.63) is 24.3 Å². The Kier molecular flexibility index (Phi) is 2.01. The largest absolute Gasteiger partial charge is 0.342 e. The van der Waals surface area contributed by atoms with Crippen LogP contribution in [0.1, 0.15) is 32.9 Å². The van der Waals surface area contributed by atoms with Gasteiger partial charge >= 0.3 is 0 Å². The van der Waals surface area contributed by atoms with Crippen LogP contribution >= 0.6 is 0 Å². The normalized spacial score (nSPS) is 22.5. The zero-order chi connectivity index (χ0) is 11.2. The van der Waals surface area contributed by atoms with Gasteiger partial charge in [0.15, 0.2) is 6.23 Å². The Morgan fingerprint density at radius 1 is 1.31 bits per heavy atom. The minimum atomic E-state index is -0.0174. The number of benzene rings is 1. The third-order valence-corrected chi connectivity index (χ3v) is 3.54. The third kappa shape index (κ3) is 1.19. The number of hydrogen-bond acceptors (Lipinski definition) is 3. The average Bonchev–Trinajstić information content (AvgIpc) is 2.92. The van der Waals surface area contributed by atoms with Crippen molar-refractivity contribution in [1.29, 1.82) is 0 Å². The summed E-state index contributed by atoms with van der Waals surface area (Å²) in [6.45, 7) is 4.31. The molecular weight excluding hydrogens is 202 g/mol. The first-order valence-corrected chi connectivity index (χ1v) is 5.78. The summed E-state index contributed by atoms with van der Waals surface area (Å²) in [4.78, 5) is 0. The van der Waals surface area contributed by atoms with E-state index in [0.29, 0.717) is 0 Å². The molecule has 4 nitrogen and oxygen atoms in total. The summed E-state index contributed by atoms with van der Waals surface area (Å²) >= 11 is 0. The summed E-state index contributed by atoms with van der Waals surface area (Å²) < 4.78 is 7.72. The first-order chi connectivity index (χ1) is 7.80. The molecule has 84 valence electrons. The van der Waals surface area contributed by atoms with Crippen LogP contribution in [0.2, 0.25) is 0 Å². The predicted octanol–water partition coefficient (Wildman–Crippen LogP) is 2.52. The molecule has 1 unspecified atom stereocenters. The number of para-hydroxylation sites is 1. The average molecular weight is 217 g/mol. The van der Waals surface area contributed by atoms with Gasteiger partial charge in [0.2, 0.25) is 0 Å². The van der Waals surface area contributed by atoms with Crippen LogP contribution in [-0.4, -0.2) is 20.6 Å². The van der Waals surface area contributed by atoms with Crippen molar-refractivity contribution in [1.82, 2.24) is 15.0 Å². The molecule has 4 heteroatoms. The van der Waals surface area contributed by atoms with E-state index in [1.165, 1.54) is 0 Å². The van der Waals surface area contributed by atoms with Crippen LogP contribution in [0.4, 0.5) is 0 Å². The van der Waals surface area contributed by atoms with E-state index in [0.717, 1.165) is 23.9 Å². The van der Waals surface area contributed by atoms with Gasteiger partial charge in [0.25, 0.3) is 0 Å². The van der Waals surface area contributed by atoms with E-state index >= 15 is 0 Å². The SMILES string of the molecule is CCC1(CC)OC1n1nnc2ccccc21. The maximum atomic E-state index is 5.82. The van der Waals surface area contributed by atoms with Gasteiger partial charge in [-0.3, -0.25) is 0 Å². The summed E-state index contributed by atoms with van der Waals surface area (Å²) in [5.74, 6) is 0. The maximum Gasteiger partial charge on any atom is 0.182 e. The van der Waals surface area contributed by atoms with Crippen LogP contribution in [0.25, 0.3) is 11.0 Å². The van der Waals surface area contributed by atoms with E-state index in [9.17, 15) is 0 Å². The second-order valence-corrected chi connectivity index (χ2v) is 4.26. The van der Waals surface area contributed by atoms with E-state index in [2.05, 4.69) is 24.2 Å². The number of ether oxygens (including phenoxy) is 1. The molecule has 0 amide bonds. The first kappa shape index (κ1) is 9.78. The van der Waals surface area contributed by atoms with Gasteiger partial charge in [-0.15, -0.1) is 5.10 Å². The summed E-state index contributed by atoms with van der Waals surface area (Å²) in [5, 5.41) is 8.34. The Morgan fingerprint density at radius 3 is 2.75 bits per heavy atom. The van der Waals surface area contributed by atoms with Gasteiger partial charge in [-0.2, -0.15) is 0 Å². The minimum Gasteiger partial charge on any atom is -0.342 e. The molecular formula is C12H15N3O. The van der Waals surface area contributed by atoms with Gasteiger partial charge in [0, 0.05) is 0 Å². The highest BCUT2D eigenvalue weighted by atomic mass is 16.6. The van der Waals surface area contributed by atoms with E-state index in [1.807, 2.05) is 28.9 Å². The topological polar surface area (TPSA) is 43.2 Å². The Labute approximate surface area is 94.2 Å². The molecule has 16 heavy (non-hydrogen) atoms. The molecule has 1 fully saturated rings. The standard InChI is InChI=1S/C12H15N3O/c1-3-12(4-2)11(16-12)15-10-8-6-5-7-9(10)13-14-15/h5-8,11H,3-4H2,1-2H3. The van der Waals surface area contributed by atoms with Crippen molar-refractivity contribution in [3.8, 4) is 0 Å². The Hall–Kier alpha value is -1.42. The number of nitrogens with zero attached hydrogens (tertiary/aromatic N) is 3. The lowest BCUT2D eigenvalue weighted by molar-refractivity contribution is 0.265. The molecule has 1 atom stereocenters. The molecule has 1 aliphatic rings. The maximum absolute atomic E-state index is 5.82. The van der Waals surface area contributed by atoms with Crippen molar-refractivity contribution in [2.45, 2.75) is 38.5 Å². The van der Waals surface area contributed by atoms with Gasteiger partial charge in [-0.25, -0.2) is 4.68 Å². The molecule has 2 heterocycles. The van der Waals surface area contributed by atoms with Crippen molar-refractivity contribution in [2.24, 2.45) is 0 Å². The van der Waals surface area contributed by atoms with Crippen LogP contribution in [0.15, 0.2) is 24.3 Å². The number of epoxide rings is 1. The molecule has 1 aromatic heterocycles. The number of aromatic nitrogens is 3. The highest BCUT2D eigenvalue weighted by molar-refractivity contribution is 5.74. The van der Waals surface area contributed by atoms with Crippen molar-refractivity contribution >= 4 is 11.0 Å². The summed E-state index contributed by atoms with van der Waals surface area (Å²) in [7, 11) is 0. The number of hydrogen-bond donors (Lipinski definition) is 0. The molecule has 1 aliphatic heterocycles. The van der Waals surface area contributed by atoms with E-state index in [-0.39, 0.29) is 11.8 Å². The molecule has 2 aromatic rings. The van der Waals surface area contributed by atoms with E-state index in [4.69, 9.17) is 4.74 Å². The molecule has 0 bridgehead atoms. The predicted molar refractivity (Wildman–Crippen MR) is 61.0 cm³/mol. The molecule has 3 rings (SSSR count). The first-order valence-electron chi connectivity index (χ1n) is 5.78. The minimum absolute atomic E-state index is 0.0174. The second kappa shape index (κ2) is 3.28. The fourth-order valence-electron chi connectivity index (χ4n) is 2.29. The van der Waals surface area contributed by atoms with Crippen LogP contribution in [0.5, 0.6) is 0 Å². The molecule has 0 aliphatic carbocycles. The quantitative estimate of drug-likeness (QED) is 0.742. The van der Waals surface area contributed by atoms with Gasteiger partial charge < -0.3 is 4.74 Å². The molecule has 1 aromatic carbocycles. The van der Waals surface area contributed by atoms with Gasteiger partial charge in [0.1, 0.15) is 11.1 Å². The highest BCUT2D eigenvalue weighted by Gasteiger charge is 2.56. The number of rotatable bonds is 3. The van der Waals surface area contributed by atoms with Gasteiger partial charge in [0.05, 0.1) is 5.52 Å². The lowest BCUT2D eigenvalue weighted by Crippen LogP contribution is -2.13. The lowest BCUT2D eigenvalue weighted by Gasteiger charge is -2.05. The van der Waals surface area contributed by atoms with Crippen LogP contribution in [0.3, 0.4) is 0 Å². The van der Waals surface area contributed by atoms with Crippen LogP contribution in [-0.2, 0) is 4.74 Å². The Bertz CT molecular complexity index is 516. The van der Waals surface area contributed by atoms with Gasteiger partial charge in [-0.05, 0) is 25.0 Å². The molecule has 1 saturated heterocycles. The summed E-state index contributed by atoms with van der Waals surface area (Å²) in [6.07, 6.45) is 2.10. The fraction of sp³-hybridized carbons (Fsp3) is 0.500. The van der Waals surface area contributed by atoms with Crippen LogP contribution < -0.4 is 0 Å². The van der Waals surface area contributed by atoms with E-state index in [1.54, 1.807) is 0 Å². The Balaban J connectivity index is 2.03. The molecule has 0 spiro atoms. The summed E-state index contributed by atoms with van der Waals surface area (Å²) in [6, 6.07) is 7.99. The lowest BCUT2D eigenvalue weighted by atomic mass is 10.0. The second-order valence-electron chi connectivity index (χ2n) is 4.26. The zero-order valence-corrected chi connectivity index (χ0v) is 9.55. The smallest absolute Gasteiger partial charge is 0.182 e. The van der Waals surface area contributed by atoms with Crippen LogP contribution in [0, 0.1) is 0 Å². The fourth-order valence-corrected chi connectivity index (χ4v) is 2.29. The van der Waals surface area contributed by atoms with Crippen molar-refractivity contribution in [2.75, 3.05) is 0 Å². The molecule has 0 saturated carbocycles. The third-order valence-electron chi connectivity index (χ3n) is 3.54. The van der Waals surface area contributed by atoms with Crippen molar-refractivity contribution in [3.63, 3.8) is 0 Å². The van der Waals surface area contributed by atoms with Crippen molar-refractivity contribution < 1.29 is 4.74 Å². The monoisotopic (exact) mass is 217 g/mol. The Morgan fingerprint density at radius 2 is 2.06 bits per heavy atom. The molecule has 0 N–H and O–H groups in total. The van der Waals surface area contributed by atoms with Gasteiger partial charge in [-0.1, -0.05) is 31.2 Å². The highest BCUT2D eigenvalue weighted by Crippen LogP contribution is 2.51. The van der Waals surface area contributed by atoms with E-state index < -0.39 is 0 Å². The number of fused-ring (bicyclic) bond motifs is 1. The summed E-state index contributed by atoms with van der Waals surface area (Å²) in [5.41, 5.74) is 1.96.